The fourth-order valence-corrected chi connectivity index (χ4v) is 2.52. The van der Waals surface area contributed by atoms with Gasteiger partial charge in [-0.15, -0.1) is 0 Å². The summed E-state index contributed by atoms with van der Waals surface area (Å²) in [5, 5.41) is 0. The molecule has 2 heteroatoms. The molecule has 0 spiro atoms. The van der Waals surface area contributed by atoms with Gasteiger partial charge in [-0.25, -0.2) is 0 Å². The van der Waals surface area contributed by atoms with Crippen molar-refractivity contribution in [1.29, 1.82) is 0 Å². The summed E-state index contributed by atoms with van der Waals surface area (Å²) in [6.45, 7) is 6.29. The molecule has 21 heavy (non-hydrogen) atoms. The Morgan fingerprint density at radius 3 is 2.00 bits per heavy atom. The van der Waals surface area contributed by atoms with E-state index in [1.807, 2.05) is 18.2 Å². The summed E-state index contributed by atoms with van der Waals surface area (Å²) in [5.74, 6) is 0.325. The average molecular weight is 289 g/mol. The predicted octanol–water partition coefficient (Wildman–Crippen LogP) is 4.83. The molecule has 0 aliphatic rings. The summed E-state index contributed by atoms with van der Waals surface area (Å²) < 4.78 is 0. The lowest BCUT2D eigenvalue weighted by Gasteiger charge is -2.23. The van der Waals surface area contributed by atoms with Gasteiger partial charge in [0, 0.05) is 19.5 Å². The van der Waals surface area contributed by atoms with E-state index in [0.29, 0.717) is 12.3 Å². The first-order valence-electron chi connectivity index (χ1n) is 8.59. The zero-order valence-electron chi connectivity index (χ0n) is 13.8. The molecule has 0 N–H and O–H groups in total. The normalized spacial score (nSPS) is 10.6. The van der Waals surface area contributed by atoms with Crippen LogP contribution in [0.2, 0.25) is 0 Å². The minimum atomic E-state index is 0.325. The molecule has 118 valence electrons. The summed E-state index contributed by atoms with van der Waals surface area (Å²) in [7, 11) is 0. The Morgan fingerprint density at radius 2 is 1.48 bits per heavy atom. The Balaban J connectivity index is 2.40. The third-order valence-corrected chi connectivity index (χ3v) is 3.89. The van der Waals surface area contributed by atoms with Crippen molar-refractivity contribution in [2.24, 2.45) is 0 Å². The van der Waals surface area contributed by atoms with Crippen LogP contribution in [-0.4, -0.2) is 23.9 Å². The first-order chi connectivity index (χ1) is 10.3. The van der Waals surface area contributed by atoms with E-state index < -0.39 is 0 Å². The number of amides is 1. The molecule has 1 aromatic carbocycles. The quantitative estimate of drug-likeness (QED) is 0.534. The van der Waals surface area contributed by atoms with E-state index in [2.05, 4.69) is 30.9 Å². The molecule has 0 bridgehead atoms. The summed E-state index contributed by atoms with van der Waals surface area (Å²) in [6, 6.07) is 10.3. The van der Waals surface area contributed by atoms with Gasteiger partial charge in [-0.3, -0.25) is 4.79 Å². The molecule has 0 saturated carbocycles. The number of nitrogens with zero attached hydrogens (tertiary/aromatic N) is 1. The molecular formula is C19H31NO. The zero-order valence-corrected chi connectivity index (χ0v) is 13.8. The highest BCUT2D eigenvalue weighted by molar-refractivity contribution is 5.76. The molecule has 1 rings (SSSR count). The highest BCUT2D eigenvalue weighted by Gasteiger charge is 2.12. The molecule has 1 aromatic rings. The van der Waals surface area contributed by atoms with Crippen LogP contribution in [0, 0.1) is 0 Å². The van der Waals surface area contributed by atoms with E-state index >= 15 is 0 Å². The van der Waals surface area contributed by atoms with Crippen LogP contribution in [0.4, 0.5) is 0 Å². The number of aryl methyl sites for hydroxylation is 1. The van der Waals surface area contributed by atoms with Gasteiger partial charge >= 0.3 is 0 Å². The number of hydrogen-bond acceptors (Lipinski definition) is 1. The van der Waals surface area contributed by atoms with Crippen LogP contribution in [0.15, 0.2) is 30.3 Å². The van der Waals surface area contributed by atoms with Gasteiger partial charge in [0.05, 0.1) is 0 Å². The summed E-state index contributed by atoms with van der Waals surface area (Å²) >= 11 is 0. The molecule has 0 aromatic heterocycles. The fourth-order valence-electron chi connectivity index (χ4n) is 2.52. The highest BCUT2D eigenvalue weighted by Crippen LogP contribution is 2.08. The van der Waals surface area contributed by atoms with E-state index in [0.717, 1.165) is 32.4 Å². The van der Waals surface area contributed by atoms with Crippen LogP contribution in [-0.2, 0) is 11.2 Å². The largest absolute Gasteiger partial charge is 0.343 e. The molecule has 0 radical (unpaired) electrons. The van der Waals surface area contributed by atoms with Crippen molar-refractivity contribution in [1.82, 2.24) is 4.90 Å². The maximum Gasteiger partial charge on any atom is 0.222 e. The van der Waals surface area contributed by atoms with Crippen LogP contribution in [0.1, 0.15) is 64.4 Å². The molecule has 0 atom stereocenters. The second kappa shape index (κ2) is 11.4. The predicted molar refractivity (Wildman–Crippen MR) is 90.4 cm³/mol. The minimum absolute atomic E-state index is 0.325. The van der Waals surface area contributed by atoms with Gasteiger partial charge in [0.15, 0.2) is 0 Å². The van der Waals surface area contributed by atoms with Gasteiger partial charge < -0.3 is 4.90 Å². The van der Waals surface area contributed by atoms with E-state index in [4.69, 9.17) is 0 Å². The first kappa shape index (κ1) is 17.7. The second-order valence-corrected chi connectivity index (χ2v) is 5.78. The Kier molecular flexibility index (Phi) is 9.60. The summed E-state index contributed by atoms with van der Waals surface area (Å²) in [6.07, 6.45) is 8.63. The van der Waals surface area contributed by atoms with E-state index in [9.17, 15) is 4.79 Å². The molecule has 0 unspecified atom stereocenters. The number of rotatable bonds is 11. The van der Waals surface area contributed by atoms with Crippen LogP contribution in [0.3, 0.4) is 0 Å². The van der Waals surface area contributed by atoms with Crippen molar-refractivity contribution in [2.75, 3.05) is 13.1 Å². The lowest BCUT2D eigenvalue weighted by atomic mass is 10.1. The average Bonchev–Trinajstić information content (AvgIpc) is 2.52. The second-order valence-electron chi connectivity index (χ2n) is 5.78. The summed E-state index contributed by atoms with van der Waals surface area (Å²) in [5.41, 5.74) is 1.26. The first-order valence-corrected chi connectivity index (χ1v) is 8.59. The van der Waals surface area contributed by atoms with Gasteiger partial charge in [0.25, 0.3) is 0 Å². The Morgan fingerprint density at radius 1 is 0.905 bits per heavy atom. The van der Waals surface area contributed by atoms with Crippen molar-refractivity contribution in [2.45, 2.75) is 65.2 Å². The number of carbonyl (C=O) groups is 1. The van der Waals surface area contributed by atoms with Gasteiger partial charge in [0.1, 0.15) is 0 Å². The van der Waals surface area contributed by atoms with Crippen LogP contribution < -0.4 is 0 Å². The molecule has 0 aliphatic carbocycles. The van der Waals surface area contributed by atoms with E-state index in [1.165, 1.54) is 31.2 Å². The highest BCUT2D eigenvalue weighted by atomic mass is 16.2. The third-order valence-electron chi connectivity index (χ3n) is 3.89. The Bertz CT molecular complexity index is 364. The lowest BCUT2D eigenvalue weighted by molar-refractivity contribution is -0.131. The molecule has 0 fully saturated rings. The minimum Gasteiger partial charge on any atom is -0.343 e. The SMILES string of the molecule is CCCCCN(CCCCC)C(=O)CCc1ccccc1. The number of benzene rings is 1. The van der Waals surface area contributed by atoms with Crippen molar-refractivity contribution in [3.8, 4) is 0 Å². The van der Waals surface area contributed by atoms with Crippen molar-refractivity contribution in [3.63, 3.8) is 0 Å². The Hall–Kier alpha value is -1.31. The van der Waals surface area contributed by atoms with Gasteiger partial charge in [-0.1, -0.05) is 69.9 Å². The van der Waals surface area contributed by atoms with Crippen molar-refractivity contribution < 1.29 is 4.79 Å². The molecule has 0 saturated heterocycles. The van der Waals surface area contributed by atoms with Crippen LogP contribution in [0.5, 0.6) is 0 Å². The summed E-state index contributed by atoms with van der Waals surface area (Å²) in [4.78, 5) is 14.5. The zero-order chi connectivity index (χ0) is 15.3. The monoisotopic (exact) mass is 289 g/mol. The number of carbonyl (C=O) groups excluding carboxylic acids is 1. The fraction of sp³-hybridized carbons (Fsp3) is 0.632. The van der Waals surface area contributed by atoms with Crippen molar-refractivity contribution in [3.05, 3.63) is 35.9 Å². The third kappa shape index (κ3) is 7.89. The molecule has 0 heterocycles. The van der Waals surface area contributed by atoms with Gasteiger partial charge in [-0.05, 0) is 24.8 Å². The smallest absolute Gasteiger partial charge is 0.222 e. The standard InChI is InChI=1S/C19H31NO/c1-3-5-10-16-20(17-11-6-4-2)19(21)15-14-18-12-8-7-9-13-18/h7-9,12-13H,3-6,10-11,14-17H2,1-2H3. The maximum atomic E-state index is 12.4. The van der Waals surface area contributed by atoms with Crippen LogP contribution >= 0.6 is 0 Å². The van der Waals surface area contributed by atoms with E-state index in [-0.39, 0.29) is 0 Å². The molecular weight excluding hydrogens is 258 g/mol. The van der Waals surface area contributed by atoms with Gasteiger partial charge in [0.2, 0.25) is 5.91 Å². The molecule has 0 aliphatic heterocycles. The van der Waals surface area contributed by atoms with Crippen molar-refractivity contribution >= 4 is 5.91 Å². The molecule has 1 amide bonds. The number of unbranched alkanes of at least 4 members (excludes halogenated alkanes) is 4. The lowest BCUT2D eigenvalue weighted by Crippen LogP contribution is -2.33. The topological polar surface area (TPSA) is 20.3 Å². The maximum absolute atomic E-state index is 12.4. The van der Waals surface area contributed by atoms with E-state index in [1.54, 1.807) is 0 Å². The molecule has 2 nitrogen and oxygen atoms in total. The number of hydrogen-bond donors (Lipinski definition) is 0. The van der Waals surface area contributed by atoms with Crippen LogP contribution in [0.25, 0.3) is 0 Å². The Labute approximate surface area is 130 Å². The van der Waals surface area contributed by atoms with Gasteiger partial charge in [-0.2, -0.15) is 0 Å².